The topological polar surface area (TPSA) is 115 Å². The highest BCUT2D eigenvalue weighted by Gasteiger charge is 2.22. The molecule has 0 bridgehead atoms. The number of nitro groups is 1. The van der Waals surface area contributed by atoms with Crippen molar-refractivity contribution in [2.45, 2.75) is 4.90 Å². The van der Waals surface area contributed by atoms with Crippen LogP contribution in [0.1, 0.15) is 0 Å². The van der Waals surface area contributed by atoms with E-state index >= 15 is 0 Å². The number of hydrogen-bond donors (Lipinski definition) is 2. The first-order valence-electron chi connectivity index (χ1n) is 5.22. The Labute approximate surface area is 133 Å². The smallest absolute Gasteiger partial charge is 0.294 e. The molecule has 11 heteroatoms. The summed E-state index contributed by atoms with van der Waals surface area (Å²) in [6, 6.07) is 4.76. The van der Waals surface area contributed by atoms with Gasteiger partial charge in [-0.3, -0.25) is 14.8 Å². The van der Waals surface area contributed by atoms with Gasteiger partial charge < -0.3 is 5.73 Å². The highest BCUT2D eigenvalue weighted by molar-refractivity contribution is 7.93. The Morgan fingerprint density at radius 1 is 1.29 bits per heavy atom. The minimum absolute atomic E-state index is 0.00237. The van der Waals surface area contributed by atoms with Gasteiger partial charge in [0.2, 0.25) is 0 Å². The summed E-state index contributed by atoms with van der Waals surface area (Å²) in [5.74, 6) is 0. The number of hydrogen-bond acceptors (Lipinski definition) is 6. The summed E-state index contributed by atoms with van der Waals surface area (Å²) in [5.41, 5.74) is 4.96. The van der Waals surface area contributed by atoms with Crippen LogP contribution in [0, 0.1) is 10.1 Å². The van der Waals surface area contributed by atoms with Crippen molar-refractivity contribution in [3.05, 3.63) is 43.1 Å². The molecule has 0 radical (unpaired) electrons. The lowest BCUT2D eigenvalue weighted by molar-refractivity contribution is -0.383. The summed E-state index contributed by atoms with van der Waals surface area (Å²) < 4.78 is 26.7. The number of anilines is 2. The van der Waals surface area contributed by atoms with E-state index in [1.165, 1.54) is 18.2 Å². The van der Waals surface area contributed by atoms with Crippen LogP contribution in [-0.2, 0) is 10.0 Å². The largest absolute Gasteiger partial charge is 0.393 e. The molecule has 0 saturated heterocycles. The van der Waals surface area contributed by atoms with Crippen LogP contribution in [0.25, 0.3) is 0 Å². The molecule has 0 aliphatic rings. The Hall–Kier alpha value is -1.55. The van der Waals surface area contributed by atoms with Crippen LogP contribution < -0.4 is 10.5 Å². The van der Waals surface area contributed by atoms with E-state index in [0.717, 1.165) is 17.4 Å². The summed E-state index contributed by atoms with van der Waals surface area (Å²) in [6.45, 7) is 0. The van der Waals surface area contributed by atoms with Gasteiger partial charge in [0.15, 0.2) is 0 Å². The Balaban J connectivity index is 2.40. The number of nitrogens with one attached hydrogen (secondary N) is 1. The maximum atomic E-state index is 12.2. The molecule has 1 aromatic carbocycles. The molecule has 0 aliphatic carbocycles. The molecule has 2 rings (SSSR count). The molecule has 0 saturated carbocycles. The number of thiophene rings is 1. The molecule has 21 heavy (non-hydrogen) atoms. The maximum absolute atomic E-state index is 12.2. The van der Waals surface area contributed by atoms with Gasteiger partial charge in [-0.05, 0) is 18.2 Å². The molecule has 1 heterocycles. The Bertz CT molecular complexity index is 820. The van der Waals surface area contributed by atoms with Crippen molar-refractivity contribution in [1.29, 1.82) is 0 Å². The molecule has 0 fully saturated rings. The van der Waals surface area contributed by atoms with E-state index in [4.69, 9.17) is 28.9 Å². The van der Waals surface area contributed by atoms with Crippen LogP contribution in [0.5, 0.6) is 0 Å². The Morgan fingerprint density at radius 2 is 1.95 bits per heavy atom. The van der Waals surface area contributed by atoms with Gasteiger partial charge in [-0.2, -0.15) is 0 Å². The molecule has 1 aromatic heterocycles. The maximum Gasteiger partial charge on any atom is 0.294 e. The van der Waals surface area contributed by atoms with Gasteiger partial charge in [-0.15, -0.1) is 11.3 Å². The van der Waals surface area contributed by atoms with Gasteiger partial charge in [0.1, 0.15) is 14.9 Å². The molecular formula is C10H7Cl2N3O4S2. The van der Waals surface area contributed by atoms with Gasteiger partial charge in [0.25, 0.3) is 15.7 Å². The monoisotopic (exact) mass is 367 g/mol. The van der Waals surface area contributed by atoms with Crippen molar-refractivity contribution < 1.29 is 13.3 Å². The summed E-state index contributed by atoms with van der Waals surface area (Å²) in [7, 11) is -4.00. The molecule has 2 aromatic rings. The standard InChI is InChI=1S/C10H7Cl2N3O4S2/c11-9-4-8(10(12)20-9)21(18,19)14-5-1-2-6(13)7(3-5)15(16)17/h1-4,14H,13H2. The van der Waals surface area contributed by atoms with Crippen molar-refractivity contribution in [2.24, 2.45) is 0 Å². The third-order valence-corrected chi connectivity index (χ3v) is 5.53. The Kier molecular flexibility index (Phi) is 4.28. The van der Waals surface area contributed by atoms with Crippen LogP contribution in [0.15, 0.2) is 29.2 Å². The number of rotatable bonds is 4. The molecule has 112 valence electrons. The fourth-order valence-corrected chi connectivity index (χ4v) is 4.68. The highest BCUT2D eigenvalue weighted by atomic mass is 35.5. The van der Waals surface area contributed by atoms with Gasteiger partial charge in [-0.1, -0.05) is 23.2 Å². The van der Waals surface area contributed by atoms with Gasteiger partial charge in [-0.25, -0.2) is 8.42 Å². The van der Waals surface area contributed by atoms with Crippen molar-refractivity contribution in [1.82, 2.24) is 0 Å². The summed E-state index contributed by atoms with van der Waals surface area (Å²) in [5, 5.41) is 10.8. The van der Waals surface area contributed by atoms with Crippen LogP contribution in [0.4, 0.5) is 17.1 Å². The lowest BCUT2D eigenvalue weighted by atomic mass is 10.2. The average Bonchev–Trinajstić information content (AvgIpc) is 2.71. The second-order valence-electron chi connectivity index (χ2n) is 3.82. The van der Waals surface area contributed by atoms with Crippen molar-refractivity contribution >= 4 is 61.6 Å². The van der Waals surface area contributed by atoms with Gasteiger partial charge in [0, 0.05) is 6.07 Å². The van der Waals surface area contributed by atoms with Crippen molar-refractivity contribution in [2.75, 3.05) is 10.5 Å². The number of nitrogen functional groups attached to an aromatic ring is 1. The SMILES string of the molecule is Nc1ccc(NS(=O)(=O)c2cc(Cl)sc2Cl)cc1[N+](=O)[O-]. The molecule has 7 nitrogen and oxygen atoms in total. The van der Waals surface area contributed by atoms with E-state index < -0.39 is 20.6 Å². The van der Waals surface area contributed by atoms with Crippen molar-refractivity contribution in [3.8, 4) is 0 Å². The minimum Gasteiger partial charge on any atom is -0.393 e. The zero-order valence-corrected chi connectivity index (χ0v) is 13.2. The van der Waals surface area contributed by atoms with Gasteiger partial charge >= 0.3 is 0 Å². The molecular weight excluding hydrogens is 361 g/mol. The van der Waals surface area contributed by atoms with E-state index in [-0.39, 0.29) is 24.9 Å². The normalized spacial score (nSPS) is 11.3. The number of nitro benzene ring substituents is 1. The third-order valence-electron chi connectivity index (χ3n) is 2.39. The molecule has 0 amide bonds. The Morgan fingerprint density at radius 3 is 2.48 bits per heavy atom. The number of nitrogens with two attached hydrogens (primary N) is 1. The molecule has 3 N–H and O–H groups in total. The molecule has 0 spiro atoms. The van der Waals surface area contributed by atoms with Crippen LogP contribution in [0.3, 0.4) is 0 Å². The predicted molar refractivity (Wildman–Crippen MR) is 82.7 cm³/mol. The number of sulfonamides is 1. The second-order valence-corrected chi connectivity index (χ2v) is 7.76. The average molecular weight is 368 g/mol. The van der Waals surface area contributed by atoms with Crippen LogP contribution in [-0.4, -0.2) is 13.3 Å². The quantitative estimate of drug-likeness (QED) is 0.488. The molecule has 0 unspecified atom stereocenters. The molecule has 0 atom stereocenters. The zero-order valence-electron chi connectivity index (χ0n) is 10.0. The highest BCUT2D eigenvalue weighted by Crippen LogP contribution is 2.35. The first-order valence-corrected chi connectivity index (χ1v) is 8.28. The number of nitrogens with zero attached hydrogens (tertiary/aromatic N) is 1. The summed E-state index contributed by atoms with van der Waals surface area (Å²) in [4.78, 5) is 9.88. The van der Waals surface area contributed by atoms with E-state index in [0.29, 0.717) is 0 Å². The second kappa shape index (κ2) is 5.68. The molecule has 0 aliphatic heterocycles. The fraction of sp³-hybridized carbons (Fsp3) is 0. The van der Waals surface area contributed by atoms with Gasteiger partial charge in [0.05, 0.1) is 14.9 Å². The minimum atomic E-state index is -4.00. The van der Waals surface area contributed by atoms with Crippen LogP contribution >= 0.6 is 34.5 Å². The van der Waals surface area contributed by atoms with E-state index in [1.54, 1.807) is 0 Å². The predicted octanol–water partition coefficient (Wildman–Crippen LogP) is 3.35. The van der Waals surface area contributed by atoms with Crippen LogP contribution in [0.2, 0.25) is 8.67 Å². The third kappa shape index (κ3) is 3.38. The van der Waals surface area contributed by atoms with Crippen molar-refractivity contribution in [3.63, 3.8) is 0 Å². The van der Waals surface area contributed by atoms with E-state index in [9.17, 15) is 18.5 Å². The number of halogens is 2. The van der Waals surface area contributed by atoms with E-state index in [1.807, 2.05) is 0 Å². The zero-order chi connectivity index (χ0) is 15.8. The summed E-state index contributed by atoms with van der Waals surface area (Å²) >= 11 is 12.4. The first kappa shape index (κ1) is 15.8. The fourth-order valence-electron chi connectivity index (χ4n) is 1.48. The lowest BCUT2D eigenvalue weighted by Gasteiger charge is -2.07. The number of benzene rings is 1. The van der Waals surface area contributed by atoms with E-state index in [2.05, 4.69) is 4.72 Å². The lowest BCUT2D eigenvalue weighted by Crippen LogP contribution is -2.12. The summed E-state index contributed by atoms with van der Waals surface area (Å²) in [6.07, 6.45) is 0. The first-order chi connectivity index (χ1) is 9.70.